The van der Waals surface area contributed by atoms with Crippen LogP contribution >= 0.6 is 22.6 Å². The van der Waals surface area contributed by atoms with E-state index in [1.54, 1.807) is 29.2 Å². The molecule has 0 saturated heterocycles. The first kappa shape index (κ1) is 19.7. The number of nitrogens with one attached hydrogen (secondary N) is 1. The lowest BCUT2D eigenvalue weighted by Crippen LogP contribution is -2.15. The Hall–Kier alpha value is -3.02. The van der Waals surface area contributed by atoms with Gasteiger partial charge in [-0.3, -0.25) is 24.6 Å². The van der Waals surface area contributed by atoms with Crippen LogP contribution in [0.3, 0.4) is 0 Å². The minimum atomic E-state index is -0.541. The van der Waals surface area contributed by atoms with Crippen molar-refractivity contribution in [3.63, 3.8) is 0 Å². The molecule has 0 fully saturated rings. The van der Waals surface area contributed by atoms with E-state index in [1.807, 2.05) is 6.92 Å². The quantitative estimate of drug-likeness (QED) is 0.304. The lowest BCUT2D eigenvalue weighted by molar-refractivity contribution is -0.384. The number of aryl methyl sites for hydroxylation is 1. The van der Waals surface area contributed by atoms with Gasteiger partial charge in [0, 0.05) is 30.4 Å². The number of nitro groups is 1. The molecule has 0 radical (unpaired) electrons. The van der Waals surface area contributed by atoms with Crippen molar-refractivity contribution in [2.45, 2.75) is 19.9 Å². The van der Waals surface area contributed by atoms with Gasteiger partial charge in [-0.1, -0.05) is 0 Å². The maximum atomic E-state index is 12.3. The van der Waals surface area contributed by atoms with Crippen LogP contribution in [-0.4, -0.2) is 25.6 Å². The van der Waals surface area contributed by atoms with Crippen molar-refractivity contribution < 1.29 is 14.5 Å². The van der Waals surface area contributed by atoms with E-state index in [2.05, 4.69) is 38.0 Å². The fourth-order valence-corrected chi connectivity index (χ4v) is 2.85. The van der Waals surface area contributed by atoms with Crippen molar-refractivity contribution in [3.05, 3.63) is 68.3 Å². The van der Waals surface area contributed by atoms with E-state index in [0.29, 0.717) is 12.3 Å². The fourth-order valence-electron chi connectivity index (χ4n) is 2.44. The van der Waals surface area contributed by atoms with E-state index >= 15 is 0 Å². The summed E-state index contributed by atoms with van der Waals surface area (Å²) in [5, 5.41) is 18.1. The number of benzene rings is 1. The van der Waals surface area contributed by atoms with Gasteiger partial charge in [0.05, 0.1) is 39.2 Å². The molecule has 0 aliphatic rings. The Balaban J connectivity index is 1.72. The molecular formula is C18H16IN5O4. The number of hydrogen-bond acceptors (Lipinski definition) is 6. The Bertz CT molecular complexity index is 1010. The topological polar surface area (TPSA) is 112 Å². The first-order chi connectivity index (χ1) is 13.4. The second-order valence-electron chi connectivity index (χ2n) is 5.86. The van der Waals surface area contributed by atoms with E-state index in [9.17, 15) is 14.9 Å². The summed E-state index contributed by atoms with van der Waals surface area (Å²) >= 11 is 2.18. The number of carbonyl (C=O) groups excluding carboxylic acids is 1. The molecule has 28 heavy (non-hydrogen) atoms. The van der Waals surface area contributed by atoms with E-state index in [-0.39, 0.29) is 29.5 Å². The monoisotopic (exact) mass is 493 g/mol. The molecule has 0 aliphatic heterocycles. The molecule has 0 saturated carbocycles. The van der Waals surface area contributed by atoms with Gasteiger partial charge in [-0.2, -0.15) is 5.10 Å². The Morgan fingerprint density at radius 2 is 2.14 bits per heavy atom. The van der Waals surface area contributed by atoms with Gasteiger partial charge in [-0.15, -0.1) is 0 Å². The standard InChI is InChI=1S/C18H16IN5O4/c1-12-17(19)11-21-23(12)6-4-18(25)22-13-7-14(24(26)27)9-16(8-13)28-15-3-2-5-20-10-15/h2-3,5,7-11H,4,6H2,1H3,(H,22,25). The maximum absolute atomic E-state index is 12.3. The predicted molar refractivity (Wildman–Crippen MR) is 110 cm³/mol. The molecule has 10 heteroatoms. The number of anilines is 1. The number of halogens is 1. The summed E-state index contributed by atoms with van der Waals surface area (Å²) in [5.74, 6) is 0.386. The molecule has 1 aromatic carbocycles. The zero-order valence-corrected chi connectivity index (χ0v) is 17.0. The number of ether oxygens (including phenoxy) is 1. The molecule has 1 N–H and O–H groups in total. The summed E-state index contributed by atoms with van der Waals surface area (Å²) in [6.45, 7) is 2.34. The number of nitrogens with zero attached hydrogens (tertiary/aromatic N) is 4. The van der Waals surface area contributed by atoms with E-state index in [1.165, 1.54) is 24.4 Å². The Kier molecular flexibility index (Phi) is 6.19. The van der Waals surface area contributed by atoms with Gasteiger partial charge in [0.1, 0.15) is 11.5 Å². The number of hydrogen-bond donors (Lipinski definition) is 1. The number of amides is 1. The van der Waals surface area contributed by atoms with Crippen LogP contribution in [0.2, 0.25) is 0 Å². The van der Waals surface area contributed by atoms with Crippen LogP contribution in [0.5, 0.6) is 11.5 Å². The van der Waals surface area contributed by atoms with Crippen molar-refractivity contribution in [1.82, 2.24) is 14.8 Å². The fraction of sp³-hybridized carbons (Fsp3) is 0.167. The first-order valence-corrected chi connectivity index (χ1v) is 9.35. The van der Waals surface area contributed by atoms with Crippen molar-refractivity contribution in [1.29, 1.82) is 0 Å². The summed E-state index contributed by atoms with van der Waals surface area (Å²) in [5.41, 5.74) is 1.08. The molecule has 3 aromatic rings. The highest BCUT2D eigenvalue weighted by Gasteiger charge is 2.14. The van der Waals surface area contributed by atoms with Gasteiger partial charge in [-0.25, -0.2) is 0 Å². The minimum absolute atomic E-state index is 0.181. The number of carbonyl (C=O) groups is 1. The second kappa shape index (κ2) is 8.78. The molecule has 0 aliphatic carbocycles. The molecule has 0 atom stereocenters. The third-order valence-electron chi connectivity index (χ3n) is 3.85. The highest BCUT2D eigenvalue weighted by Crippen LogP contribution is 2.29. The highest BCUT2D eigenvalue weighted by molar-refractivity contribution is 14.1. The SMILES string of the molecule is Cc1c(I)cnn1CCC(=O)Nc1cc(Oc2cccnc2)cc([N+](=O)[O-])c1. The van der Waals surface area contributed by atoms with Gasteiger partial charge < -0.3 is 10.1 Å². The molecule has 144 valence electrons. The van der Waals surface area contributed by atoms with Gasteiger partial charge in [0.25, 0.3) is 5.69 Å². The van der Waals surface area contributed by atoms with Gasteiger partial charge in [-0.05, 0) is 41.6 Å². The number of aromatic nitrogens is 3. The number of nitro benzene ring substituents is 1. The highest BCUT2D eigenvalue weighted by atomic mass is 127. The van der Waals surface area contributed by atoms with E-state index < -0.39 is 4.92 Å². The van der Waals surface area contributed by atoms with Crippen LogP contribution in [0.4, 0.5) is 11.4 Å². The Labute approximate surface area is 174 Å². The van der Waals surface area contributed by atoms with Gasteiger partial charge in [0.2, 0.25) is 5.91 Å². The Morgan fingerprint density at radius 3 is 2.79 bits per heavy atom. The van der Waals surface area contributed by atoms with E-state index in [0.717, 1.165) is 9.26 Å². The van der Waals surface area contributed by atoms with Gasteiger partial charge in [0.15, 0.2) is 0 Å². The molecule has 0 bridgehead atoms. The van der Waals surface area contributed by atoms with Crippen LogP contribution in [-0.2, 0) is 11.3 Å². The first-order valence-electron chi connectivity index (χ1n) is 8.27. The molecule has 2 heterocycles. The van der Waals surface area contributed by atoms with Crippen molar-refractivity contribution in [3.8, 4) is 11.5 Å². The predicted octanol–water partition coefficient (Wildman–Crippen LogP) is 3.92. The molecular weight excluding hydrogens is 477 g/mol. The summed E-state index contributed by atoms with van der Waals surface area (Å²) < 4.78 is 8.37. The lowest BCUT2D eigenvalue weighted by Gasteiger charge is -2.10. The molecule has 1 amide bonds. The third-order valence-corrected chi connectivity index (χ3v) is 4.91. The zero-order chi connectivity index (χ0) is 20.1. The zero-order valence-electron chi connectivity index (χ0n) is 14.8. The number of rotatable bonds is 7. The largest absolute Gasteiger partial charge is 0.455 e. The normalized spacial score (nSPS) is 10.5. The Morgan fingerprint density at radius 1 is 1.32 bits per heavy atom. The van der Waals surface area contributed by atoms with Crippen molar-refractivity contribution in [2.75, 3.05) is 5.32 Å². The van der Waals surface area contributed by atoms with Crippen molar-refractivity contribution >= 4 is 39.9 Å². The minimum Gasteiger partial charge on any atom is -0.455 e. The van der Waals surface area contributed by atoms with Crippen LogP contribution in [0.1, 0.15) is 12.1 Å². The van der Waals surface area contributed by atoms with E-state index in [4.69, 9.17) is 4.74 Å². The number of non-ortho nitro benzene ring substituents is 1. The van der Waals surface area contributed by atoms with Crippen LogP contribution in [0.15, 0.2) is 48.9 Å². The lowest BCUT2D eigenvalue weighted by atomic mass is 10.2. The maximum Gasteiger partial charge on any atom is 0.275 e. The summed E-state index contributed by atoms with van der Waals surface area (Å²) in [6.07, 6.45) is 5.00. The van der Waals surface area contributed by atoms with Crippen LogP contribution in [0.25, 0.3) is 0 Å². The van der Waals surface area contributed by atoms with Crippen LogP contribution in [0, 0.1) is 20.6 Å². The molecule has 0 unspecified atom stereocenters. The van der Waals surface area contributed by atoms with Crippen LogP contribution < -0.4 is 10.1 Å². The molecule has 9 nitrogen and oxygen atoms in total. The average Bonchev–Trinajstić information content (AvgIpc) is 2.99. The molecule has 2 aromatic heterocycles. The van der Waals surface area contributed by atoms with Gasteiger partial charge >= 0.3 is 0 Å². The summed E-state index contributed by atoms with van der Waals surface area (Å²) in [6, 6.07) is 7.47. The second-order valence-corrected chi connectivity index (χ2v) is 7.02. The smallest absolute Gasteiger partial charge is 0.275 e. The molecule has 0 spiro atoms. The summed E-state index contributed by atoms with van der Waals surface area (Å²) in [4.78, 5) is 26.9. The number of pyridine rings is 1. The van der Waals surface area contributed by atoms with Crippen molar-refractivity contribution in [2.24, 2.45) is 0 Å². The molecule has 3 rings (SSSR count). The summed E-state index contributed by atoms with van der Waals surface area (Å²) in [7, 11) is 0. The average molecular weight is 493 g/mol. The third kappa shape index (κ3) is 5.03.